The first kappa shape index (κ1) is 13.9. The summed E-state index contributed by atoms with van der Waals surface area (Å²) >= 11 is 0. The summed E-state index contributed by atoms with van der Waals surface area (Å²) in [6, 6.07) is 0. The van der Waals surface area contributed by atoms with Crippen molar-refractivity contribution in [2.24, 2.45) is 11.8 Å². The molecule has 0 bridgehead atoms. The van der Waals surface area contributed by atoms with Crippen molar-refractivity contribution in [1.29, 1.82) is 0 Å². The molecule has 6 nitrogen and oxygen atoms in total. The SMILES string of the molecule is CCCCn1nnnc1CN1CC2CNCC2C1(C)C. The number of aromatic nitrogens is 4. The summed E-state index contributed by atoms with van der Waals surface area (Å²) in [5.41, 5.74) is 0.232. The number of rotatable bonds is 5. The molecule has 2 unspecified atom stereocenters. The maximum absolute atomic E-state index is 4.24. The van der Waals surface area contributed by atoms with E-state index in [1.807, 2.05) is 4.68 Å². The van der Waals surface area contributed by atoms with Gasteiger partial charge < -0.3 is 5.32 Å². The summed E-state index contributed by atoms with van der Waals surface area (Å²) < 4.78 is 1.98. The van der Waals surface area contributed by atoms with E-state index in [0.29, 0.717) is 0 Å². The van der Waals surface area contributed by atoms with E-state index >= 15 is 0 Å². The first-order valence-corrected chi connectivity index (χ1v) is 7.83. The predicted octanol–water partition coefficient (Wildman–Crippen LogP) is 0.903. The standard InChI is InChI=1S/C14H26N6/c1-4-5-6-20-13(16-17-18-20)10-19-9-11-7-15-8-12(11)14(19,2)3/h11-12,15H,4-10H2,1-3H3. The molecule has 1 aromatic heterocycles. The number of hydrogen-bond acceptors (Lipinski definition) is 5. The second kappa shape index (κ2) is 5.41. The zero-order chi connectivity index (χ0) is 14.2. The number of unbranched alkanes of at least 4 members (excludes halogenated alkanes) is 1. The van der Waals surface area contributed by atoms with Crippen LogP contribution in [0.25, 0.3) is 0 Å². The molecule has 112 valence electrons. The summed E-state index contributed by atoms with van der Waals surface area (Å²) in [6.07, 6.45) is 2.31. The molecule has 3 heterocycles. The number of hydrogen-bond donors (Lipinski definition) is 1. The lowest BCUT2D eigenvalue weighted by Gasteiger charge is -2.35. The minimum absolute atomic E-state index is 0.232. The van der Waals surface area contributed by atoms with E-state index < -0.39 is 0 Å². The van der Waals surface area contributed by atoms with Crippen LogP contribution in [0.15, 0.2) is 0 Å². The summed E-state index contributed by atoms with van der Waals surface area (Å²) in [6.45, 7) is 12.2. The normalized spacial score (nSPS) is 28.9. The lowest BCUT2D eigenvalue weighted by molar-refractivity contribution is 0.126. The monoisotopic (exact) mass is 278 g/mol. The van der Waals surface area contributed by atoms with Crippen LogP contribution >= 0.6 is 0 Å². The van der Waals surface area contributed by atoms with E-state index in [-0.39, 0.29) is 5.54 Å². The molecule has 6 heteroatoms. The molecule has 2 fully saturated rings. The minimum Gasteiger partial charge on any atom is -0.316 e. The van der Waals surface area contributed by atoms with Crippen LogP contribution in [0, 0.1) is 11.8 Å². The number of likely N-dealkylation sites (tertiary alicyclic amines) is 1. The van der Waals surface area contributed by atoms with Gasteiger partial charge in [-0.25, -0.2) is 4.68 Å². The van der Waals surface area contributed by atoms with Gasteiger partial charge in [-0.15, -0.1) is 5.10 Å². The Kier molecular flexibility index (Phi) is 3.77. The first-order chi connectivity index (χ1) is 9.63. The van der Waals surface area contributed by atoms with Gasteiger partial charge in [-0.1, -0.05) is 13.3 Å². The quantitative estimate of drug-likeness (QED) is 0.867. The van der Waals surface area contributed by atoms with Gasteiger partial charge in [0.25, 0.3) is 0 Å². The summed E-state index contributed by atoms with van der Waals surface area (Å²) in [7, 11) is 0. The summed E-state index contributed by atoms with van der Waals surface area (Å²) in [5.74, 6) is 2.55. The molecule has 1 aromatic rings. The number of tetrazole rings is 1. The van der Waals surface area contributed by atoms with Crippen molar-refractivity contribution in [2.75, 3.05) is 19.6 Å². The van der Waals surface area contributed by atoms with Crippen molar-refractivity contribution in [3.8, 4) is 0 Å². The molecule has 20 heavy (non-hydrogen) atoms. The zero-order valence-corrected chi connectivity index (χ0v) is 12.8. The number of nitrogens with one attached hydrogen (secondary N) is 1. The molecule has 0 radical (unpaired) electrons. The van der Waals surface area contributed by atoms with Gasteiger partial charge >= 0.3 is 0 Å². The molecule has 0 spiro atoms. The fraction of sp³-hybridized carbons (Fsp3) is 0.929. The molecule has 0 aromatic carbocycles. The molecule has 2 aliphatic heterocycles. The van der Waals surface area contributed by atoms with Crippen LogP contribution in [-0.4, -0.2) is 50.3 Å². The van der Waals surface area contributed by atoms with Gasteiger partial charge in [-0.05, 0) is 49.1 Å². The zero-order valence-electron chi connectivity index (χ0n) is 12.8. The van der Waals surface area contributed by atoms with E-state index in [1.165, 1.54) is 6.42 Å². The highest BCUT2D eigenvalue weighted by Gasteiger charge is 2.49. The molecule has 2 aliphatic rings. The van der Waals surface area contributed by atoms with Crippen LogP contribution < -0.4 is 5.32 Å². The maximum Gasteiger partial charge on any atom is 0.165 e. The van der Waals surface area contributed by atoms with E-state index in [1.54, 1.807) is 0 Å². The Morgan fingerprint density at radius 1 is 1.35 bits per heavy atom. The topological polar surface area (TPSA) is 58.9 Å². The lowest BCUT2D eigenvalue weighted by Crippen LogP contribution is -2.44. The minimum atomic E-state index is 0.232. The van der Waals surface area contributed by atoms with Crippen LogP contribution in [0.4, 0.5) is 0 Å². The molecular weight excluding hydrogens is 252 g/mol. The van der Waals surface area contributed by atoms with Crippen molar-refractivity contribution in [3.63, 3.8) is 0 Å². The summed E-state index contributed by atoms with van der Waals surface area (Å²) in [5, 5.41) is 15.8. The first-order valence-electron chi connectivity index (χ1n) is 7.83. The van der Waals surface area contributed by atoms with Crippen molar-refractivity contribution >= 4 is 0 Å². The Bertz CT molecular complexity index is 454. The third-order valence-corrected chi connectivity index (χ3v) is 5.18. The Morgan fingerprint density at radius 3 is 2.95 bits per heavy atom. The molecule has 2 saturated heterocycles. The van der Waals surface area contributed by atoms with Crippen molar-refractivity contribution in [3.05, 3.63) is 5.82 Å². The molecule has 3 rings (SSSR count). The number of fused-ring (bicyclic) bond motifs is 1. The van der Waals surface area contributed by atoms with Crippen molar-refractivity contribution in [2.45, 2.75) is 52.2 Å². The molecular formula is C14H26N6. The van der Waals surface area contributed by atoms with Crippen LogP contribution in [0.1, 0.15) is 39.4 Å². The van der Waals surface area contributed by atoms with E-state index in [2.05, 4.69) is 46.5 Å². The molecule has 2 atom stereocenters. The van der Waals surface area contributed by atoms with Crippen LogP contribution in [0.3, 0.4) is 0 Å². The van der Waals surface area contributed by atoms with Crippen LogP contribution in [0.2, 0.25) is 0 Å². The van der Waals surface area contributed by atoms with E-state index in [4.69, 9.17) is 0 Å². The van der Waals surface area contributed by atoms with Gasteiger partial charge in [0.2, 0.25) is 0 Å². The van der Waals surface area contributed by atoms with E-state index in [0.717, 1.165) is 56.8 Å². The summed E-state index contributed by atoms with van der Waals surface area (Å²) in [4.78, 5) is 2.57. The molecule has 0 saturated carbocycles. The smallest absolute Gasteiger partial charge is 0.165 e. The largest absolute Gasteiger partial charge is 0.316 e. The second-order valence-corrected chi connectivity index (χ2v) is 6.73. The van der Waals surface area contributed by atoms with Gasteiger partial charge in [0.05, 0.1) is 6.54 Å². The number of nitrogens with zero attached hydrogens (tertiary/aromatic N) is 5. The highest BCUT2D eigenvalue weighted by atomic mass is 15.5. The fourth-order valence-corrected chi connectivity index (χ4v) is 3.76. The lowest BCUT2D eigenvalue weighted by atomic mass is 9.85. The van der Waals surface area contributed by atoms with Crippen molar-refractivity contribution < 1.29 is 0 Å². The number of aryl methyl sites for hydroxylation is 1. The molecule has 1 N–H and O–H groups in total. The Balaban J connectivity index is 1.70. The van der Waals surface area contributed by atoms with Crippen molar-refractivity contribution in [1.82, 2.24) is 30.4 Å². The van der Waals surface area contributed by atoms with Crippen LogP contribution in [-0.2, 0) is 13.1 Å². The second-order valence-electron chi connectivity index (χ2n) is 6.73. The fourth-order valence-electron chi connectivity index (χ4n) is 3.76. The van der Waals surface area contributed by atoms with Gasteiger partial charge in [-0.2, -0.15) is 0 Å². The molecule has 0 aliphatic carbocycles. The van der Waals surface area contributed by atoms with E-state index in [9.17, 15) is 0 Å². The average Bonchev–Trinajstić information content (AvgIpc) is 3.08. The predicted molar refractivity (Wildman–Crippen MR) is 77.1 cm³/mol. The van der Waals surface area contributed by atoms with Gasteiger partial charge in [0.15, 0.2) is 5.82 Å². The van der Waals surface area contributed by atoms with Gasteiger partial charge in [-0.3, -0.25) is 4.90 Å². The maximum atomic E-state index is 4.24. The Labute approximate surface area is 120 Å². The highest BCUT2D eigenvalue weighted by Crippen LogP contribution is 2.41. The third kappa shape index (κ3) is 2.35. The average molecular weight is 278 g/mol. The van der Waals surface area contributed by atoms with Gasteiger partial charge in [0, 0.05) is 25.2 Å². The Hall–Kier alpha value is -1.01. The Morgan fingerprint density at radius 2 is 2.20 bits per heavy atom. The molecule has 0 amide bonds. The van der Waals surface area contributed by atoms with Crippen LogP contribution in [0.5, 0.6) is 0 Å². The third-order valence-electron chi connectivity index (χ3n) is 5.18. The highest BCUT2D eigenvalue weighted by molar-refractivity contribution is 5.05. The van der Waals surface area contributed by atoms with Gasteiger partial charge in [0.1, 0.15) is 0 Å².